The Morgan fingerprint density at radius 1 is 1.38 bits per heavy atom. The Hall–Kier alpha value is -2.48. The molecule has 1 amide bonds. The smallest absolute Gasteiger partial charge is 0.267 e. The molecule has 4 rings (SSSR count). The third kappa shape index (κ3) is 3.85. The molecular weight excluding hydrogens is 370 g/mol. The van der Waals surface area contributed by atoms with Crippen LogP contribution in [0.2, 0.25) is 0 Å². The van der Waals surface area contributed by atoms with Crippen LogP contribution < -0.4 is 10.1 Å². The van der Waals surface area contributed by atoms with Crippen molar-refractivity contribution in [1.82, 2.24) is 25.3 Å². The highest BCUT2D eigenvalue weighted by Gasteiger charge is 2.48. The number of carbonyl (C=O) groups is 1. The highest BCUT2D eigenvalue weighted by atomic mass is 16.5. The second-order valence-electron chi connectivity index (χ2n) is 8.24. The minimum absolute atomic E-state index is 0.00838. The summed E-state index contributed by atoms with van der Waals surface area (Å²) in [6.45, 7) is 8.11. The summed E-state index contributed by atoms with van der Waals surface area (Å²) in [6.07, 6.45) is 4.70. The Kier molecular flexibility index (Phi) is 5.54. The lowest BCUT2D eigenvalue weighted by Crippen LogP contribution is -2.57. The molecule has 1 atom stereocenters. The summed E-state index contributed by atoms with van der Waals surface area (Å²) >= 11 is 0. The van der Waals surface area contributed by atoms with Gasteiger partial charge in [-0.15, -0.1) is 0 Å². The number of aromatic nitrogens is 3. The van der Waals surface area contributed by atoms with E-state index in [9.17, 15) is 4.79 Å². The molecule has 4 heterocycles. The second-order valence-corrected chi connectivity index (χ2v) is 8.24. The Labute approximate surface area is 171 Å². The van der Waals surface area contributed by atoms with Gasteiger partial charge >= 0.3 is 0 Å². The van der Waals surface area contributed by atoms with Crippen molar-refractivity contribution >= 4 is 5.91 Å². The Balaban J connectivity index is 1.62. The maximum atomic E-state index is 13.8. The Morgan fingerprint density at radius 2 is 2.17 bits per heavy atom. The van der Waals surface area contributed by atoms with Crippen LogP contribution in [0, 0.1) is 6.92 Å². The first-order valence-corrected chi connectivity index (χ1v) is 10.5. The number of rotatable bonds is 5. The van der Waals surface area contributed by atoms with Crippen molar-refractivity contribution in [2.45, 2.75) is 64.0 Å². The van der Waals surface area contributed by atoms with Crippen molar-refractivity contribution in [3.8, 4) is 5.75 Å². The lowest BCUT2D eigenvalue weighted by atomic mass is 9.90. The van der Waals surface area contributed by atoms with Crippen LogP contribution in [-0.4, -0.2) is 51.2 Å². The fraction of sp³-hybridized carbons (Fsp3) is 0.619. The number of nitrogens with one attached hydrogen (secondary N) is 1. The van der Waals surface area contributed by atoms with Crippen LogP contribution in [-0.2, 0) is 4.79 Å². The second kappa shape index (κ2) is 8.10. The van der Waals surface area contributed by atoms with Crippen molar-refractivity contribution in [3.63, 3.8) is 0 Å². The van der Waals surface area contributed by atoms with Crippen LogP contribution >= 0.6 is 0 Å². The molecule has 8 heteroatoms. The maximum Gasteiger partial charge on any atom is 0.267 e. The number of hydrogen-bond donors (Lipinski definition) is 1. The fourth-order valence-electron chi connectivity index (χ4n) is 4.12. The summed E-state index contributed by atoms with van der Waals surface area (Å²) < 4.78 is 11.9. The molecule has 2 aromatic rings. The molecule has 2 aliphatic rings. The number of ether oxygens (including phenoxy) is 1. The van der Waals surface area contributed by atoms with Crippen LogP contribution in [0.15, 0.2) is 22.9 Å². The first-order chi connectivity index (χ1) is 14.0. The molecule has 0 unspecified atom stereocenters. The van der Waals surface area contributed by atoms with Crippen LogP contribution in [0.4, 0.5) is 0 Å². The highest BCUT2D eigenvalue weighted by molar-refractivity contribution is 5.86. The zero-order valence-corrected chi connectivity index (χ0v) is 17.4. The third-order valence-corrected chi connectivity index (χ3v) is 5.84. The van der Waals surface area contributed by atoms with Crippen LogP contribution in [0.1, 0.15) is 68.9 Å². The van der Waals surface area contributed by atoms with Gasteiger partial charge in [-0.05, 0) is 45.0 Å². The largest absolute Gasteiger partial charge is 0.475 e. The first-order valence-electron chi connectivity index (χ1n) is 10.5. The quantitative estimate of drug-likeness (QED) is 0.826. The molecule has 0 saturated carbocycles. The molecule has 0 spiro atoms. The number of hydrogen-bond acceptors (Lipinski definition) is 7. The number of aryl methyl sites for hydroxylation is 1. The average Bonchev–Trinajstić information content (AvgIpc) is 3.39. The topological polar surface area (TPSA) is 93.4 Å². The predicted octanol–water partition coefficient (Wildman–Crippen LogP) is 2.76. The minimum Gasteiger partial charge on any atom is -0.475 e. The molecule has 156 valence electrons. The van der Waals surface area contributed by atoms with Crippen molar-refractivity contribution in [3.05, 3.63) is 35.7 Å². The van der Waals surface area contributed by atoms with Crippen molar-refractivity contribution in [2.24, 2.45) is 0 Å². The van der Waals surface area contributed by atoms with E-state index in [1.807, 2.05) is 37.8 Å². The molecule has 0 aromatic carbocycles. The summed E-state index contributed by atoms with van der Waals surface area (Å²) in [4.78, 5) is 24.6. The van der Waals surface area contributed by atoms with E-state index >= 15 is 0 Å². The monoisotopic (exact) mass is 399 g/mol. The molecule has 1 N–H and O–H groups in total. The standard InChI is InChI=1S/C21H29N5O3/c1-14(2)18-24-19(29-25-18)16-6-5-13-26(16)20(27)21(8-11-22-12-9-21)28-17-7-4-10-23-15(17)3/h4,7,10,14,16,22H,5-6,8-9,11-13H2,1-3H3/t16-/m1/s1. The number of pyridine rings is 1. The molecule has 29 heavy (non-hydrogen) atoms. The van der Waals surface area contributed by atoms with E-state index in [1.54, 1.807) is 6.20 Å². The van der Waals surface area contributed by atoms with E-state index < -0.39 is 5.60 Å². The fourth-order valence-corrected chi connectivity index (χ4v) is 4.12. The first kappa shape index (κ1) is 19.8. The van der Waals surface area contributed by atoms with Gasteiger partial charge in [0.2, 0.25) is 5.89 Å². The predicted molar refractivity (Wildman–Crippen MR) is 107 cm³/mol. The van der Waals surface area contributed by atoms with Crippen molar-refractivity contribution < 1.29 is 14.1 Å². The van der Waals surface area contributed by atoms with Gasteiger partial charge in [0.25, 0.3) is 5.91 Å². The van der Waals surface area contributed by atoms with Gasteiger partial charge in [-0.2, -0.15) is 4.98 Å². The molecule has 2 aromatic heterocycles. The van der Waals surface area contributed by atoms with Crippen molar-refractivity contribution in [2.75, 3.05) is 19.6 Å². The minimum atomic E-state index is -0.900. The van der Waals surface area contributed by atoms with E-state index in [1.165, 1.54) is 0 Å². The van der Waals surface area contributed by atoms with Crippen LogP contribution in [0.25, 0.3) is 0 Å². The molecule has 0 radical (unpaired) electrons. The lowest BCUT2D eigenvalue weighted by Gasteiger charge is -2.40. The van der Waals surface area contributed by atoms with Crippen LogP contribution in [0.3, 0.4) is 0 Å². The zero-order valence-electron chi connectivity index (χ0n) is 17.4. The van der Waals surface area contributed by atoms with Gasteiger partial charge in [-0.3, -0.25) is 9.78 Å². The van der Waals surface area contributed by atoms with E-state index in [4.69, 9.17) is 9.26 Å². The Bertz CT molecular complexity index is 860. The van der Waals surface area contributed by atoms with Gasteiger partial charge in [0.15, 0.2) is 11.4 Å². The van der Waals surface area contributed by atoms with Crippen LogP contribution in [0.5, 0.6) is 5.75 Å². The number of amides is 1. The molecule has 8 nitrogen and oxygen atoms in total. The lowest BCUT2D eigenvalue weighted by molar-refractivity contribution is -0.152. The molecule has 2 aliphatic heterocycles. The zero-order chi connectivity index (χ0) is 20.4. The van der Waals surface area contributed by atoms with E-state index in [2.05, 4.69) is 20.4 Å². The normalized spacial score (nSPS) is 21.5. The summed E-state index contributed by atoms with van der Waals surface area (Å²) in [5.41, 5.74) is -0.114. The summed E-state index contributed by atoms with van der Waals surface area (Å²) in [7, 11) is 0. The maximum absolute atomic E-state index is 13.8. The number of piperidine rings is 1. The number of nitrogens with zero attached hydrogens (tertiary/aromatic N) is 4. The Morgan fingerprint density at radius 3 is 2.86 bits per heavy atom. The van der Waals surface area contributed by atoms with Gasteiger partial charge in [0, 0.05) is 31.5 Å². The SMILES string of the molecule is Cc1ncccc1OC1(C(=O)N2CCC[C@@H]2c2nc(C(C)C)no2)CCNCC1. The highest BCUT2D eigenvalue weighted by Crippen LogP contribution is 2.37. The van der Waals surface area contributed by atoms with Gasteiger partial charge in [0.1, 0.15) is 11.8 Å². The van der Waals surface area contributed by atoms with Crippen molar-refractivity contribution in [1.29, 1.82) is 0 Å². The number of carbonyl (C=O) groups excluding carboxylic acids is 1. The van der Waals surface area contributed by atoms with Gasteiger partial charge in [-0.25, -0.2) is 0 Å². The van der Waals surface area contributed by atoms with E-state index in [-0.39, 0.29) is 17.9 Å². The van der Waals surface area contributed by atoms with Gasteiger partial charge in [0.05, 0.1) is 5.69 Å². The molecule has 0 aliphatic carbocycles. The average molecular weight is 399 g/mol. The van der Waals surface area contributed by atoms with E-state index in [0.717, 1.165) is 31.6 Å². The summed E-state index contributed by atoms with van der Waals surface area (Å²) in [5, 5.41) is 7.43. The molecule has 0 bridgehead atoms. The molecule has 2 saturated heterocycles. The van der Waals surface area contributed by atoms with Gasteiger partial charge < -0.3 is 19.5 Å². The third-order valence-electron chi connectivity index (χ3n) is 5.84. The van der Waals surface area contributed by atoms with E-state index in [0.29, 0.717) is 36.9 Å². The van der Waals surface area contributed by atoms with Gasteiger partial charge in [-0.1, -0.05) is 19.0 Å². The summed E-state index contributed by atoms with van der Waals surface area (Å²) in [5.74, 6) is 2.07. The summed E-state index contributed by atoms with van der Waals surface area (Å²) in [6, 6.07) is 3.53. The number of likely N-dealkylation sites (tertiary alicyclic amines) is 1. The molecule has 2 fully saturated rings. The molecular formula is C21H29N5O3.